The molecule has 0 amide bonds. The molecule has 8 bridgehead atoms. The van der Waals surface area contributed by atoms with Crippen molar-refractivity contribution in [1.29, 1.82) is 0 Å². The van der Waals surface area contributed by atoms with E-state index in [0.29, 0.717) is 57.6 Å². The van der Waals surface area contributed by atoms with E-state index in [4.69, 9.17) is 23.9 Å². The SMILES string of the molecule is CCCOc1c2cc(C(C)(C)C)cc1Cc1cc(C(C)(C)C)cc(c1OCCC)Cc1c(OCCC)c(cc3nc(C(=O)O)ccc13)Cc1cc(C(C)(C)C)cc(c1OCCC)C2. The van der Waals surface area contributed by atoms with Crippen LogP contribution in [0.3, 0.4) is 0 Å². The molecule has 0 spiro atoms. The van der Waals surface area contributed by atoms with Gasteiger partial charge in [0.25, 0.3) is 0 Å². The highest BCUT2D eigenvalue weighted by molar-refractivity contribution is 5.92. The number of rotatable bonds is 13. The molecule has 4 aromatic carbocycles. The lowest BCUT2D eigenvalue weighted by atomic mass is 9.80. The molecule has 1 aliphatic rings. The average molecular weight is 856 g/mol. The van der Waals surface area contributed by atoms with Crippen LogP contribution in [0.4, 0.5) is 0 Å². The number of ether oxygens (including phenoxy) is 4. The minimum absolute atomic E-state index is 0.00797. The third-order valence-electron chi connectivity index (χ3n) is 12.0. The van der Waals surface area contributed by atoms with Gasteiger partial charge in [0.05, 0.1) is 31.9 Å². The Balaban J connectivity index is 1.83. The molecule has 1 heterocycles. The Morgan fingerprint density at radius 1 is 0.492 bits per heavy atom. The van der Waals surface area contributed by atoms with Gasteiger partial charge < -0.3 is 24.1 Å². The maximum atomic E-state index is 12.4. The Kier molecular flexibility index (Phi) is 14.6. The van der Waals surface area contributed by atoms with Crippen molar-refractivity contribution in [3.63, 3.8) is 0 Å². The van der Waals surface area contributed by atoms with Crippen LogP contribution >= 0.6 is 0 Å². The fraction of sp³-hybridized carbons (Fsp3) is 0.500. The third-order valence-corrected chi connectivity index (χ3v) is 12.0. The van der Waals surface area contributed by atoms with Gasteiger partial charge in [-0.1, -0.05) is 126 Å². The summed E-state index contributed by atoms with van der Waals surface area (Å²) in [7, 11) is 0. The average Bonchev–Trinajstić information content (AvgIpc) is 3.20. The van der Waals surface area contributed by atoms with Crippen LogP contribution in [0.2, 0.25) is 0 Å². The fourth-order valence-corrected chi connectivity index (χ4v) is 8.52. The summed E-state index contributed by atoms with van der Waals surface area (Å²) in [5.41, 5.74) is 12.4. The molecular weight excluding hydrogens is 783 g/mol. The van der Waals surface area contributed by atoms with Crippen molar-refractivity contribution in [2.24, 2.45) is 0 Å². The van der Waals surface area contributed by atoms with Gasteiger partial charge in [0, 0.05) is 42.2 Å². The topological polar surface area (TPSA) is 87.1 Å². The fourth-order valence-electron chi connectivity index (χ4n) is 8.52. The number of aromatic carboxylic acids is 1. The van der Waals surface area contributed by atoms with E-state index in [-0.39, 0.29) is 21.9 Å². The number of carboxylic acids is 1. The number of hydrogen-bond acceptors (Lipinski definition) is 6. The summed E-state index contributed by atoms with van der Waals surface area (Å²) < 4.78 is 27.7. The van der Waals surface area contributed by atoms with Crippen molar-refractivity contribution in [2.75, 3.05) is 26.4 Å². The zero-order valence-electron chi connectivity index (χ0n) is 40.6. The molecule has 7 nitrogen and oxygen atoms in total. The van der Waals surface area contributed by atoms with Gasteiger partial charge in [-0.25, -0.2) is 9.78 Å². The molecular formula is C56H73NO6. The van der Waals surface area contributed by atoms with Crippen molar-refractivity contribution in [2.45, 2.75) is 158 Å². The van der Waals surface area contributed by atoms with E-state index in [1.165, 1.54) is 16.7 Å². The molecule has 1 aromatic heterocycles. The molecule has 338 valence electrons. The molecule has 0 atom stereocenters. The van der Waals surface area contributed by atoms with Crippen LogP contribution in [0.1, 0.15) is 187 Å². The van der Waals surface area contributed by atoms with Gasteiger partial charge in [-0.05, 0) is 110 Å². The Morgan fingerprint density at radius 3 is 1.13 bits per heavy atom. The zero-order chi connectivity index (χ0) is 45.9. The number of nitrogens with zero attached hydrogens (tertiary/aromatic N) is 1. The van der Waals surface area contributed by atoms with Gasteiger partial charge >= 0.3 is 5.97 Å². The number of hydrogen-bond donors (Lipinski definition) is 1. The molecule has 5 aromatic rings. The second kappa shape index (κ2) is 19.4. The molecule has 0 radical (unpaired) electrons. The molecule has 0 aliphatic heterocycles. The summed E-state index contributed by atoms with van der Waals surface area (Å²) in [6, 6.07) is 19.6. The van der Waals surface area contributed by atoms with Gasteiger partial charge in [0.15, 0.2) is 0 Å². The van der Waals surface area contributed by atoms with E-state index in [2.05, 4.69) is 126 Å². The van der Waals surface area contributed by atoms with Crippen LogP contribution in [0.5, 0.6) is 23.0 Å². The Morgan fingerprint density at radius 2 is 0.810 bits per heavy atom. The number of aromatic nitrogens is 1. The second-order valence-corrected chi connectivity index (χ2v) is 20.6. The first kappa shape index (κ1) is 47.4. The standard InChI is InChI=1S/C56H73NO6/c1-14-20-60-49-35-24-36-28-43(55(8,9)10)31-39(50(36)61-21-15-2)26-40-34-48-45(18-19-47(57-48)53(58)59)46(52(40)63-23-17-4)33-41-32-44(56(11,12)13)30-38(51(41)62-22-16-3)25-37(49)29-42(27-35)54(5,6)7/h18-19,27-32,34H,14-17,20-26,33H2,1-13H3,(H,58,59). The number of carboxylic acid groups (broad SMARTS) is 1. The molecule has 0 saturated carbocycles. The molecule has 0 fully saturated rings. The molecule has 7 heteroatoms. The number of pyridine rings is 1. The molecule has 6 rings (SSSR count). The summed E-state index contributed by atoms with van der Waals surface area (Å²) in [4.78, 5) is 17.2. The lowest BCUT2D eigenvalue weighted by Gasteiger charge is -2.28. The summed E-state index contributed by atoms with van der Waals surface area (Å²) >= 11 is 0. The highest BCUT2D eigenvalue weighted by Crippen LogP contribution is 2.45. The smallest absolute Gasteiger partial charge is 0.354 e. The van der Waals surface area contributed by atoms with Crippen LogP contribution in [-0.4, -0.2) is 42.5 Å². The highest BCUT2D eigenvalue weighted by atomic mass is 16.5. The Bertz CT molecular complexity index is 2440. The number of benzene rings is 4. The zero-order valence-corrected chi connectivity index (χ0v) is 40.6. The van der Waals surface area contributed by atoms with Crippen LogP contribution in [0.25, 0.3) is 10.9 Å². The van der Waals surface area contributed by atoms with Gasteiger partial charge in [-0.15, -0.1) is 0 Å². The van der Waals surface area contributed by atoms with Crippen molar-refractivity contribution in [1.82, 2.24) is 4.98 Å². The molecule has 1 aliphatic carbocycles. The van der Waals surface area contributed by atoms with Gasteiger partial charge in [0.2, 0.25) is 0 Å². The first-order chi connectivity index (χ1) is 29.8. The summed E-state index contributed by atoms with van der Waals surface area (Å²) in [5, 5.41) is 11.0. The van der Waals surface area contributed by atoms with Crippen LogP contribution in [0, 0.1) is 0 Å². The second-order valence-electron chi connectivity index (χ2n) is 20.6. The predicted molar refractivity (Wildman–Crippen MR) is 258 cm³/mol. The van der Waals surface area contributed by atoms with Crippen molar-refractivity contribution < 1.29 is 28.8 Å². The maximum Gasteiger partial charge on any atom is 0.354 e. The van der Waals surface area contributed by atoms with E-state index in [9.17, 15) is 9.90 Å². The largest absolute Gasteiger partial charge is 0.493 e. The van der Waals surface area contributed by atoms with Crippen molar-refractivity contribution in [3.05, 3.63) is 121 Å². The van der Waals surface area contributed by atoms with Crippen LogP contribution < -0.4 is 18.9 Å². The van der Waals surface area contributed by atoms with Gasteiger partial charge in [-0.2, -0.15) is 0 Å². The summed E-state index contributed by atoms with van der Waals surface area (Å²) in [5.74, 6) is 2.46. The molecule has 0 unspecified atom stereocenters. The Hall–Kier alpha value is -5.04. The molecule has 0 saturated heterocycles. The first-order valence-corrected chi connectivity index (χ1v) is 23.5. The van der Waals surface area contributed by atoms with E-state index >= 15 is 0 Å². The number of fused-ring (bicyclic) bond motifs is 10. The predicted octanol–water partition coefficient (Wildman–Crippen LogP) is 13.7. The highest BCUT2D eigenvalue weighted by Gasteiger charge is 2.29. The number of carbonyl (C=O) groups is 1. The summed E-state index contributed by atoms with van der Waals surface area (Å²) in [6.45, 7) is 31.3. The maximum absolute atomic E-state index is 12.4. The van der Waals surface area contributed by atoms with E-state index in [1.807, 2.05) is 12.1 Å². The molecule has 63 heavy (non-hydrogen) atoms. The monoisotopic (exact) mass is 856 g/mol. The summed E-state index contributed by atoms with van der Waals surface area (Å²) in [6.07, 6.45) is 5.65. The first-order valence-electron chi connectivity index (χ1n) is 23.5. The van der Waals surface area contributed by atoms with E-state index < -0.39 is 5.97 Å². The van der Waals surface area contributed by atoms with Crippen LogP contribution in [0.15, 0.2) is 54.6 Å². The Labute approximate surface area is 377 Å². The van der Waals surface area contributed by atoms with Crippen molar-refractivity contribution in [3.8, 4) is 23.0 Å². The minimum Gasteiger partial charge on any atom is -0.493 e. The van der Waals surface area contributed by atoms with Gasteiger partial charge in [0.1, 0.15) is 28.7 Å². The van der Waals surface area contributed by atoms with Crippen molar-refractivity contribution >= 4 is 16.9 Å². The van der Waals surface area contributed by atoms with Gasteiger partial charge in [-0.3, -0.25) is 0 Å². The lowest BCUT2D eigenvalue weighted by Crippen LogP contribution is -2.17. The third kappa shape index (κ3) is 10.8. The normalized spacial score (nSPS) is 13.2. The molecule has 1 N–H and O–H groups in total. The quantitative estimate of drug-likeness (QED) is 0.124. The van der Waals surface area contributed by atoms with E-state index in [1.54, 1.807) is 6.07 Å². The van der Waals surface area contributed by atoms with Crippen LogP contribution in [-0.2, 0) is 41.9 Å². The lowest BCUT2D eigenvalue weighted by molar-refractivity contribution is 0.0691. The van der Waals surface area contributed by atoms with E-state index in [0.717, 1.165) is 98.6 Å². The minimum atomic E-state index is -1.06.